The molecule has 2 aromatic rings. The molecule has 4 heteroatoms. The molecule has 0 amide bonds. The van der Waals surface area contributed by atoms with Gasteiger partial charge in [-0.05, 0) is 42.5 Å². The van der Waals surface area contributed by atoms with Gasteiger partial charge in [-0.1, -0.05) is 35.0 Å². The lowest BCUT2D eigenvalue weighted by Gasteiger charge is -2.04. The fourth-order valence-electron chi connectivity index (χ4n) is 1.22. The third-order valence-electron chi connectivity index (χ3n) is 2.00. The zero-order chi connectivity index (χ0) is 11.5. The van der Waals surface area contributed by atoms with Gasteiger partial charge in [0, 0.05) is 20.5 Å². The van der Waals surface area contributed by atoms with Gasteiger partial charge in [-0.3, -0.25) is 0 Å². The first kappa shape index (κ1) is 11.6. The average Bonchev–Trinajstić information content (AvgIpc) is 2.27. The van der Waals surface area contributed by atoms with Gasteiger partial charge in [-0.15, -0.1) is 0 Å². The normalized spacial score (nSPS) is 10.4. The summed E-state index contributed by atoms with van der Waals surface area (Å²) < 4.78 is 0. The molecule has 2 rings (SSSR count). The Morgan fingerprint density at radius 3 is 2.31 bits per heavy atom. The van der Waals surface area contributed by atoms with Gasteiger partial charge in [-0.2, -0.15) is 0 Å². The summed E-state index contributed by atoms with van der Waals surface area (Å²) in [5, 5.41) is 1.38. The van der Waals surface area contributed by atoms with E-state index < -0.39 is 0 Å². The Morgan fingerprint density at radius 2 is 1.62 bits per heavy atom. The van der Waals surface area contributed by atoms with E-state index in [9.17, 15) is 0 Å². The summed E-state index contributed by atoms with van der Waals surface area (Å²) in [6.07, 6.45) is 0. The first-order chi connectivity index (χ1) is 7.65. The number of anilines is 1. The summed E-state index contributed by atoms with van der Waals surface area (Å²) in [5.74, 6) is 0. The summed E-state index contributed by atoms with van der Waals surface area (Å²) >= 11 is 13.6. The van der Waals surface area contributed by atoms with Crippen molar-refractivity contribution >= 4 is 40.7 Å². The summed E-state index contributed by atoms with van der Waals surface area (Å²) in [4.78, 5) is 2.03. The van der Waals surface area contributed by atoms with Crippen LogP contribution >= 0.6 is 35.0 Å². The molecule has 0 atom stereocenters. The molecule has 0 heterocycles. The topological polar surface area (TPSA) is 26.0 Å². The molecule has 0 radical (unpaired) electrons. The summed E-state index contributed by atoms with van der Waals surface area (Å²) in [6.45, 7) is 0. The van der Waals surface area contributed by atoms with Crippen molar-refractivity contribution < 1.29 is 0 Å². The molecule has 0 unspecified atom stereocenters. The molecule has 0 spiro atoms. The second-order valence-electron chi connectivity index (χ2n) is 3.25. The fourth-order valence-corrected chi connectivity index (χ4v) is 2.57. The van der Waals surface area contributed by atoms with Gasteiger partial charge in [0.1, 0.15) is 0 Å². The van der Waals surface area contributed by atoms with Crippen LogP contribution in [-0.2, 0) is 0 Å². The summed E-state index contributed by atoms with van der Waals surface area (Å²) in [6, 6.07) is 13.1. The van der Waals surface area contributed by atoms with Gasteiger partial charge in [0.05, 0.1) is 5.02 Å². The Balaban J connectivity index is 2.26. The predicted octanol–water partition coefficient (Wildman–Crippen LogP) is 4.73. The van der Waals surface area contributed by atoms with E-state index in [1.165, 1.54) is 0 Å². The number of hydrogen-bond donors (Lipinski definition) is 1. The van der Waals surface area contributed by atoms with E-state index >= 15 is 0 Å². The lowest BCUT2D eigenvalue weighted by molar-refractivity contribution is 1.41. The molecule has 0 aliphatic rings. The van der Waals surface area contributed by atoms with Crippen LogP contribution in [-0.4, -0.2) is 0 Å². The molecule has 2 N–H and O–H groups in total. The maximum Gasteiger partial charge on any atom is 0.0546 e. The number of nitrogens with two attached hydrogens (primary N) is 1. The highest BCUT2D eigenvalue weighted by atomic mass is 35.5. The Bertz CT molecular complexity index is 497. The van der Waals surface area contributed by atoms with Crippen molar-refractivity contribution in [3.63, 3.8) is 0 Å². The lowest BCUT2D eigenvalue weighted by atomic mass is 10.3. The van der Waals surface area contributed by atoms with Crippen molar-refractivity contribution in [1.82, 2.24) is 0 Å². The zero-order valence-corrected chi connectivity index (χ0v) is 10.6. The number of hydrogen-bond acceptors (Lipinski definition) is 2. The van der Waals surface area contributed by atoms with E-state index in [2.05, 4.69) is 0 Å². The van der Waals surface area contributed by atoms with E-state index in [1.54, 1.807) is 23.9 Å². The average molecular weight is 270 g/mol. The maximum atomic E-state index is 6.07. The molecule has 0 aliphatic carbocycles. The van der Waals surface area contributed by atoms with Crippen LogP contribution in [0.5, 0.6) is 0 Å². The van der Waals surface area contributed by atoms with Crippen molar-refractivity contribution in [3.8, 4) is 0 Å². The van der Waals surface area contributed by atoms with E-state index in [1.807, 2.05) is 30.3 Å². The molecule has 0 saturated carbocycles. The quantitative estimate of drug-likeness (QED) is 0.798. The van der Waals surface area contributed by atoms with Crippen LogP contribution in [0.4, 0.5) is 5.69 Å². The smallest absolute Gasteiger partial charge is 0.0546 e. The van der Waals surface area contributed by atoms with Gasteiger partial charge in [0.25, 0.3) is 0 Å². The van der Waals surface area contributed by atoms with Crippen molar-refractivity contribution in [2.45, 2.75) is 9.79 Å². The number of rotatable bonds is 2. The largest absolute Gasteiger partial charge is 0.399 e. The van der Waals surface area contributed by atoms with Crippen molar-refractivity contribution in [1.29, 1.82) is 0 Å². The molecular formula is C12H9Cl2NS. The Morgan fingerprint density at radius 1 is 0.938 bits per heavy atom. The molecule has 16 heavy (non-hydrogen) atoms. The third-order valence-corrected chi connectivity index (χ3v) is 3.74. The van der Waals surface area contributed by atoms with Crippen LogP contribution in [0.15, 0.2) is 52.3 Å². The maximum absolute atomic E-state index is 6.07. The minimum absolute atomic E-state index is 0.683. The minimum Gasteiger partial charge on any atom is -0.399 e. The van der Waals surface area contributed by atoms with E-state index in [0.717, 1.165) is 15.5 Å². The standard InChI is InChI=1S/C12H9Cl2NS/c13-8-1-6-11(14)12(7-8)16-10-4-2-9(15)3-5-10/h1-7H,15H2. The number of nitrogen functional groups attached to an aromatic ring is 1. The second kappa shape index (κ2) is 5.00. The Hall–Kier alpha value is -0.830. The minimum atomic E-state index is 0.683. The fraction of sp³-hybridized carbons (Fsp3) is 0. The van der Waals surface area contributed by atoms with Crippen molar-refractivity contribution in [2.24, 2.45) is 0 Å². The highest BCUT2D eigenvalue weighted by Gasteiger charge is 2.03. The van der Waals surface area contributed by atoms with Gasteiger partial charge in [0.15, 0.2) is 0 Å². The van der Waals surface area contributed by atoms with Gasteiger partial charge in [-0.25, -0.2) is 0 Å². The molecule has 0 bridgehead atoms. The highest BCUT2D eigenvalue weighted by molar-refractivity contribution is 7.99. The molecule has 0 aromatic heterocycles. The Kier molecular flexibility index (Phi) is 3.64. The summed E-state index contributed by atoms with van der Waals surface area (Å²) in [5.41, 5.74) is 6.37. The van der Waals surface area contributed by atoms with Crippen LogP contribution in [0.1, 0.15) is 0 Å². The number of halogens is 2. The van der Waals surface area contributed by atoms with Gasteiger partial charge >= 0.3 is 0 Å². The van der Waals surface area contributed by atoms with E-state index in [4.69, 9.17) is 28.9 Å². The molecule has 0 fully saturated rings. The predicted molar refractivity (Wildman–Crippen MR) is 71.4 cm³/mol. The summed E-state index contributed by atoms with van der Waals surface area (Å²) in [7, 11) is 0. The van der Waals surface area contributed by atoms with E-state index in [0.29, 0.717) is 10.0 Å². The first-order valence-corrected chi connectivity index (χ1v) is 6.21. The van der Waals surface area contributed by atoms with Crippen LogP contribution < -0.4 is 5.73 Å². The second-order valence-corrected chi connectivity index (χ2v) is 5.20. The van der Waals surface area contributed by atoms with Crippen LogP contribution in [0.3, 0.4) is 0 Å². The van der Waals surface area contributed by atoms with Crippen molar-refractivity contribution in [2.75, 3.05) is 5.73 Å². The molecular weight excluding hydrogens is 261 g/mol. The van der Waals surface area contributed by atoms with Crippen LogP contribution in [0.2, 0.25) is 10.0 Å². The van der Waals surface area contributed by atoms with E-state index in [-0.39, 0.29) is 0 Å². The molecule has 2 aromatic carbocycles. The lowest BCUT2D eigenvalue weighted by Crippen LogP contribution is -1.82. The van der Waals surface area contributed by atoms with Gasteiger partial charge < -0.3 is 5.73 Å². The third kappa shape index (κ3) is 2.85. The van der Waals surface area contributed by atoms with Crippen LogP contribution in [0.25, 0.3) is 0 Å². The molecule has 0 aliphatic heterocycles. The Labute approximate surface area is 109 Å². The van der Waals surface area contributed by atoms with Crippen LogP contribution in [0, 0.1) is 0 Å². The molecule has 1 nitrogen and oxygen atoms in total. The first-order valence-electron chi connectivity index (χ1n) is 4.63. The van der Waals surface area contributed by atoms with Gasteiger partial charge in [0.2, 0.25) is 0 Å². The monoisotopic (exact) mass is 269 g/mol. The highest BCUT2D eigenvalue weighted by Crippen LogP contribution is 2.35. The molecule has 0 saturated heterocycles. The zero-order valence-electron chi connectivity index (χ0n) is 8.28. The van der Waals surface area contributed by atoms with Crippen molar-refractivity contribution in [3.05, 3.63) is 52.5 Å². The SMILES string of the molecule is Nc1ccc(Sc2cc(Cl)ccc2Cl)cc1. The number of benzene rings is 2. The molecule has 82 valence electrons.